The summed E-state index contributed by atoms with van der Waals surface area (Å²) in [4.78, 5) is 46.4. The van der Waals surface area contributed by atoms with Crippen LogP contribution in [-0.2, 0) is 19.6 Å². The second kappa shape index (κ2) is 23.2. The molecule has 0 saturated heterocycles. The van der Waals surface area contributed by atoms with Gasteiger partial charge in [-0.05, 0) is 58.6 Å². The number of hydrogen-bond donors (Lipinski definition) is 6. The minimum Gasteiger partial charge on any atom is -0.450 e. The molecule has 1 aromatic rings. The Bertz CT molecular complexity index is 685. The highest BCUT2D eigenvalue weighted by molar-refractivity contribution is 5.88. The number of rotatable bonds is 4. The van der Waals surface area contributed by atoms with Crippen molar-refractivity contribution < 1.29 is 64.9 Å². The molecule has 13 nitrogen and oxygen atoms in total. The molecular weight excluding hydrogens is 508 g/mol. The second-order valence-electron chi connectivity index (χ2n) is 9.23. The fourth-order valence-electron chi connectivity index (χ4n) is 3.13. The van der Waals surface area contributed by atoms with Gasteiger partial charge >= 0.3 is 18.3 Å². The van der Waals surface area contributed by atoms with E-state index in [1.54, 1.807) is 24.3 Å². The molecule has 2 fully saturated rings. The van der Waals surface area contributed by atoms with E-state index in [0.717, 1.165) is 25.7 Å². The Hall–Kier alpha value is -2.97. The molecule has 0 unspecified atom stereocenters. The molecule has 0 atom stereocenters. The summed E-state index contributed by atoms with van der Waals surface area (Å²) in [6.07, 6.45) is 8.24. The van der Waals surface area contributed by atoms with Crippen molar-refractivity contribution in [2.45, 2.75) is 103 Å². The van der Waals surface area contributed by atoms with Crippen LogP contribution in [0, 0.1) is 0 Å². The molecule has 0 bridgehead atoms. The summed E-state index contributed by atoms with van der Waals surface area (Å²) < 4.78 is 0. The molecule has 0 amide bonds. The topological polar surface area (TPSA) is 210 Å². The van der Waals surface area contributed by atoms with Crippen molar-refractivity contribution in [3.8, 4) is 0 Å². The minimum absolute atomic E-state index is 0.142. The summed E-state index contributed by atoms with van der Waals surface area (Å²) in [5.41, 5.74) is 0.00140. The molecule has 0 heterocycles. The van der Waals surface area contributed by atoms with Crippen LogP contribution in [-0.4, -0.2) is 67.0 Å². The van der Waals surface area contributed by atoms with Crippen LogP contribution in [0.4, 0.5) is 9.59 Å². The van der Waals surface area contributed by atoms with Crippen molar-refractivity contribution in [3.05, 3.63) is 35.9 Å². The molecular formula is C25H42O13. The van der Waals surface area contributed by atoms with E-state index in [4.69, 9.17) is 45.4 Å². The number of carbonyl (C=O) groups is 3. The summed E-state index contributed by atoms with van der Waals surface area (Å²) in [5, 5.41) is 44.3. The standard InChI is InChI=1S/C11H14O3.2C6H12O2.2CH2O3/c1-11(2,3)14-13-10(12)9-7-5-4-6-8-9;2*7-8-6-4-2-1-3-5-6;2*2-1(3)4/h4-8H,1-3H3;2*6-7H,1-5H2;2*(H2,2,3,4). The van der Waals surface area contributed by atoms with Crippen LogP contribution in [0.1, 0.15) is 95.3 Å². The quantitative estimate of drug-likeness (QED) is 0.172. The van der Waals surface area contributed by atoms with E-state index in [9.17, 15) is 4.79 Å². The summed E-state index contributed by atoms with van der Waals surface area (Å²) in [6, 6.07) is 8.73. The highest BCUT2D eigenvalue weighted by Gasteiger charge is 2.16. The lowest BCUT2D eigenvalue weighted by Gasteiger charge is -2.17. The molecule has 6 N–H and O–H groups in total. The lowest BCUT2D eigenvalue weighted by Crippen LogP contribution is -2.21. The summed E-state index contributed by atoms with van der Waals surface area (Å²) in [5.74, 6) is -0.472. The van der Waals surface area contributed by atoms with Crippen LogP contribution >= 0.6 is 0 Å². The Morgan fingerprint density at radius 3 is 1.29 bits per heavy atom. The molecule has 2 aliphatic carbocycles. The smallest absolute Gasteiger partial charge is 0.450 e. The molecule has 0 radical (unpaired) electrons. The van der Waals surface area contributed by atoms with Crippen LogP contribution < -0.4 is 0 Å². The third kappa shape index (κ3) is 27.6. The van der Waals surface area contributed by atoms with E-state index >= 15 is 0 Å². The largest absolute Gasteiger partial charge is 0.503 e. The maximum atomic E-state index is 11.3. The Balaban J connectivity index is 0. The van der Waals surface area contributed by atoms with Crippen LogP contribution in [0.2, 0.25) is 0 Å². The van der Waals surface area contributed by atoms with E-state index in [-0.39, 0.29) is 12.2 Å². The monoisotopic (exact) mass is 550 g/mol. The van der Waals surface area contributed by atoms with Gasteiger partial charge in [0.05, 0.1) is 17.8 Å². The Kier molecular flexibility index (Phi) is 22.7. The molecule has 0 aliphatic heterocycles. The van der Waals surface area contributed by atoms with Gasteiger partial charge in [-0.15, -0.1) is 0 Å². The predicted molar refractivity (Wildman–Crippen MR) is 135 cm³/mol. The average molecular weight is 551 g/mol. The van der Waals surface area contributed by atoms with Crippen LogP contribution in [0.3, 0.4) is 0 Å². The van der Waals surface area contributed by atoms with Crippen molar-refractivity contribution in [2.75, 3.05) is 0 Å². The van der Waals surface area contributed by atoms with Gasteiger partial charge < -0.3 is 20.4 Å². The summed E-state index contributed by atoms with van der Waals surface area (Å²) in [6.45, 7) is 5.43. The zero-order chi connectivity index (χ0) is 29.4. The maximum Gasteiger partial charge on any atom is 0.503 e. The number of hydrogen-bond acceptors (Lipinski definition) is 9. The number of carboxylic acid groups (broad SMARTS) is 4. The van der Waals surface area contributed by atoms with Crippen molar-refractivity contribution in [2.24, 2.45) is 0 Å². The molecule has 3 rings (SSSR count). The first kappa shape index (κ1) is 37.2. The maximum absolute atomic E-state index is 11.3. The number of carbonyl (C=O) groups excluding carboxylic acids is 1. The van der Waals surface area contributed by atoms with Gasteiger partial charge in [0.2, 0.25) is 0 Å². The third-order valence-corrected chi connectivity index (χ3v) is 4.78. The average Bonchev–Trinajstić information content (AvgIpc) is 2.88. The fourth-order valence-corrected chi connectivity index (χ4v) is 3.13. The van der Waals surface area contributed by atoms with Crippen molar-refractivity contribution in [1.29, 1.82) is 0 Å². The first-order chi connectivity index (χ1) is 17.8. The second-order valence-corrected chi connectivity index (χ2v) is 9.23. The van der Waals surface area contributed by atoms with Gasteiger partial charge in [-0.25, -0.2) is 24.2 Å². The molecule has 2 aliphatic rings. The van der Waals surface area contributed by atoms with Gasteiger partial charge in [0.15, 0.2) is 0 Å². The summed E-state index contributed by atoms with van der Waals surface area (Å²) in [7, 11) is 0. The van der Waals surface area contributed by atoms with Gasteiger partial charge in [0.1, 0.15) is 5.60 Å². The van der Waals surface area contributed by atoms with Crippen molar-refractivity contribution in [1.82, 2.24) is 0 Å². The third-order valence-electron chi connectivity index (χ3n) is 4.78. The van der Waals surface area contributed by atoms with Gasteiger partial charge in [-0.3, -0.25) is 15.4 Å². The van der Waals surface area contributed by atoms with Gasteiger partial charge in [0, 0.05) is 0 Å². The summed E-state index contributed by atoms with van der Waals surface area (Å²) >= 11 is 0. The molecule has 1 aromatic carbocycles. The van der Waals surface area contributed by atoms with Crippen LogP contribution in [0.5, 0.6) is 0 Å². The van der Waals surface area contributed by atoms with Gasteiger partial charge in [-0.1, -0.05) is 56.7 Å². The van der Waals surface area contributed by atoms with Gasteiger partial charge in [0.25, 0.3) is 0 Å². The van der Waals surface area contributed by atoms with Gasteiger partial charge in [-0.2, -0.15) is 4.89 Å². The van der Waals surface area contributed by atoms with Crippen molar-refractivity contribution in [3.63, 3.8) is 0 Å². The number of benzene rings is 1. The van der Waals surface area contributed by atoms with E-state index in [0.29, 0.717) is 5.56 Å². The lowest BCUT2D eigenvalue weighted by atomic mass is 9.98. The van der Waals surface area contributed by atoms with E-state index in [1.165, 1.54) is 38.5 Å². The first-order valence-electron chi connectivity index (χ1n) is 12.2. The normalized spacial score (nSPS) is 15.3. The molecule has 2 saturated carbocycles. The Morgan fingerprint density at radius 2 is 1.03 bits per heavy atom. The molecule has 38 heavy (non-hydrogen) atoms. The Morgan fingerprint density at radius 1 is 0.684 bits per heavy atom. The van der Waals surface area contributed by atoms with Crippen molar-refractivity contribution >= 4 is 18.3 Å². The van der Waals surface area contributed by atoms with Crippen LogP contribution in [0.25, 0.3) is 0 Å². The predicted octanol–water partition coefficient (Wildman–Crippen LogP) is 6.64. The van der Waals surface area contributed by atoms with E-state index < -0.39 is 23.9 Å². The molecule has 0 aromatic heterocycles. The van der Waals surface area contributed by atoms with Crippen LogP contribution in [0.15, 0.2) is 30.3 Å². The SMILES string of the molecule is CC(C)(C)OOC(=O)c1ccccc1.O=C(O)O.O=C(O)O.OOC1CCCCC1.OOC1CCCCC1. The minimum atomic E-state index is -1.83. The van der Waals surface area contributed by atoms with E-state index in [1.807, 2.05) is 26.8 Å². The zero-order valence-electron chi connectivity index (χ0n) is 22.2. The highest BCUT2D eigenvalue weighted by atomic mass is 17.2. The fraction of sp³-hybridized carbons (Fsp3) is 0.640. The Labute approximate surface area is 222 Å². The zero-order valence-corrected chi connectivity index (χ0v) is 22.2. The lowest BCUT2D eigenvalue weighted by molar-refractivity contribution is -0.301. The molecule has 13 heteroatoms. The molecule has 0 spiro atoms. The first-order valence-corrected chi connectivity index (χ1v) is 12.2. The highest BCUT2D eigenvalue weighted by Crippen LogP contribution is 2.19. The van der Waals surface area contributed by atoms with E-state index in [2.05, 4.69) is 14.7 Å². The molecule has 220 valence electrons.